The van der Waals surface area contributed by atoms with Crippen LogP contribution in [0.4, 0.5) is 0 Å². The van der Waals surface area contributed by atoms with Crippen LogP contribution in [-0.4, -0.2) is 66.3 Å². The Hall–Kier alpha value is -0.670. The minimum Gasteiger partial charge on any atom is -0.492 e. The maximum absolute atomic E-state index is 10.3. The minimum absolute atomic E-state index is 0.161. The number of aliphatic hydroxyl groups is 1. The molecule has 0 aromatic heterocycles. The molecule has 0 amide bonds. The third-order valence-corrected chi connectivity index (χ3v) is 8.34. The molecule has 1 aliphatic heterocycles. The molecule has 1 aliphatic rings. The van der Waals surface area contributed by atoms with Crippen molar-refractivity contribution < 1.29 is 14.6 Å². The first-order valence-electron chi connectivity index (χ1n) is 11.5. The van der Waals surface area contributed by atoms with Gasteiger partial charge < -0.3 is 14.6 Å². The van der Waals surface area contributed by atoms with Crippen molar-refractivity contribution in [1.29, 1.82) is 0 Å². The normalized spacial score (nSPS) is 16.9. The smallest absolute Gasteiger partial charge is 0.132 e. The van der Waals surface area contributed by atoms with Crippen LogP contribution >= 0.6 is 46.0 Å². The summed E-state index contributed by atoms with van der Waals surface area (Å²) in [6.45, 7) is 10.2. The van der Waals surface area contributed by atoms with Gasteiger partial charge in [0.25, 0.3) is 0 Å². The molecule has 1 saturated heterocycles. The molecule has 33 heavy (non-hydrogen) atoms. The molecule has 0 bridgehead atoms. The van der Waals surface area contributed by atoms with Crippen LogP contribution in [0.2, 0.25) is 0 Å². The Labute approximate surface area is 221 Å². The molecular formula is C26H35ClINO3S. The lowest BCUT2D eigenvalue weighted by molar-refractivity contribution is 0.0715. The zero-order valence-electron chi connectivity index (χ0n) is 19.7. The summed E-state index contributed by atoms with van der Waals surface area (Å²) < 4.78 is 12.9. The van der Waals surface area contributed by atoms with E-state index in [1.54, 1.807) is 0 Å². The Morgan fingerprint density at radius 3 is 2.36 bits per heavy atom. The fourth-order valence-electron chi connectivity index (χ4n) is 3.74. The van der Waals surface area contributed by atoms with Gasteiger partial charge in [0, 0.05) is 48.4 Å². The van der Waals surface area contributed by atoms with Crippen LogP contribution in [0.3, 0.4) is 0 Å². The van der Waals surface area contributed by atoms with E-state index in [4.69, 9.17) is 21.1 Å². The van der Waals surface area contributed by atoms with Crippen molar-refractivity contribution in [1.82, 2.24) is 4.90 Å². The standard InChI is InChI=1S/C26H35ClINO3S/c1-19(15-27)17-32-25-9-6-21(14-24(25)28)26(2,3)20-4-7-23(8-5-20)31-18-22(30)16-29-10-12-33-13-11-29/h4-9,14,19,22,30H,10-13,15-18H2,1-3H3/t19-,22+/m1/s1. The largest absolute Gasteiger partial charge is 0.492 e. The first-order chi connectivity index (χ1) is 15.8. The summed E-state index contributed by atoms with van der Waals surface area (Å²) in [5.74, 6) is 4.90. The summed E-state index contributed by atoms with van der Waals surface area (Å²) in [4.78, 5) is 2.31. The molecule has 2 atom stereocenters. The SMILES string of the molecule is C[C@H](CCl)COc1ccc(C(C)(C)c2ccc(OC[C@@H](O)CN3CCSCC3)cc2)cc1I. The molecule has 1 heterocycles. The lowest BCUT2D eigenvalue weighted by Gasteiger charge is -2.28. The predicted octanol–water partition coefficient (Wildman–Crippen LogP) is 5.66. The van der Waals surface area contributed by atoms with E-state index >= 15 is 0 Å². The maximum Gasteiger partial charge on any atom is 0.132 e. The van der Waals surface area contributed by atoms with Gasteiger partial charge in [-0.05, 0) is 58.0 Å². The fraction of sp³-hybridized carbons (Fsp3) is 0.538. The number of benzene rings is 2. The number of hydrogen-bond donors (Lipinski definition) is 1. The highest BCUT2D eigenvalue weighted by atomic mass is 127. The summed E-state index contributed by atoms with van der Waals surface area (Å²) in [5.41, 5.74) is 2.28. The van der Waals surface area contributed by atoms with Crippen LogP contribution in [0.15, 0.2) is 42.5 Å². The Morgan fingerprint density at radius 1 is 1.06 bits per heavy atom. The summed E-state index contributed by atoms with van der Waals surface area (Å²) in [5, 5.41) is 10.3. The molecule has 2 aromatic carbocycles. The van der Waals surface area contributed by atoms with Crippen molar-refractivity contribution in [3.63, 3.8) is 0 Å². The number of aliphatic hydroxyl groups excluding tert-OH is 1. The van der Waals surface area contributed by atoms with Gasteiger partial charge in [0.2, 0.25) is 0 Å². The second kappa shape index (κ2) is 12.9. The van der Waals surface area contributed by atoms with E-state index in [2.05, 4.69) is 78.6 Å². The Morgan fingerprint density at radius 2 is 1.73 bits per heavy atom. The minimum atomic E-state index is -0.473. The molecule has 182 valence electrons. The van der Waals surface area contributed by atoms with E-state index in [0.29, 0.717) is 31.6 Å². The van der Waals surface area contributed by atoms with E-state index in [1.165, 1.54) is 11.1 Å². The Kier molecular flexibility index (Phi) is 10.5. The van der Waals surface area contributed by atoms with Crippen LogP contribution < -0.4 is 9.47 Å². The van der Waals surface area contributed by atoms with Crippen molar-refractivity contribution >= 4 is 46.0 Å². The van der Waals surface area contributed by atoms with Crippen LogP contribution in [-0.2, 0) is 5.41 Å². The average molecular weight is 604 g/mol. The van der Waals surface area contributed by atoms with Gasteiger partial charge in [-0.1, -0.05) is 39.0 Å². The number of rotatable bonds is 11. The van der Waals surface area contributed by atoms with Crippen LogP contribution in [0.1, 0.15) is 31.9 Å². The molecule has 2 aromatic rings. The van der Waals surface area contributed by atoms with E-state index in [-0.39, 0.29) is 5.41 Å². The molecule has 0 spiro atoms. The van der Waals surface area contributed by atoms with Crippen molar-refractivity contribution in [2.75, 3.05) is 50.2 Å². The quantitative estimate of drug-likeness (QED) is 0.265. The van der Waals surface area contributed by atoms with Gasteiger partial charge in [0.05, 0.1) is 10.2 Å². The molecule has 3 rings (SSSR count). The number of β-amino-alcohol motifs (C(OH)–C–C–N with tert-alkyl or cyclic N) is 1. The van der Waals surface area contributed by atoms with Gasteiger partial charge in [0.15, 0.2) is 0 Å². The van der Waals surface area contributed by atoms with E-state index < -0.39 is 6.10 Å². The summed E-state index contributed by atoms with van der Waals surface area (Å²) in [6, 6.07) is 14.6. The van der Waals surface area contributed by atoms with Crippen LogP contribution in [0.25, 0.3) is 0 Å². The number of nitrogens with zero attached hydrogens (tertiary/aromatic N) is 1. The molecule has 0 radical (unpaired) electrons. The third-order valence-electron chi connectivity index (χ3n) is 6.03. The second-order valence-corrected chi connectivity index (χ2v) is 11.9. The number of ether oxygens (including phenoxy) is 2. The molecule has 4 nitrogen and oxygen atoms in total. The van der Waals surface area contributed by atoms with Crippen LogP contribution in [0, 0.1) is 9.49 Å². The molecule has 0 saturated carbocycles. The lowest BCUT2D eigenvalue weighted by atomic mass is 9.78. The highest BCUT2D eigenvalue weighted by molar-refractivity contribution is 14.1. The van der Waals surface area contributed by atoms with Crippen LogP contribution in [0.5, 0.6) is 11.5 Å². The van der Waals surface area contributed by atoms with Crippen molar-refractivity contribution in [3.05, 3.63) is 57.2 Å². The van der Waals surface area contributed by atoms with Crippen molar-refractivity contribution in [2.24, 2.45) is 5.92 Å². The first-order valence-corrected chi connectivity index (χ1v) is 14.3. The fourth-order valence-corrected chi connectivity index (χ4v) is 5.48. The van der Waals surface area contributed by atoms with Gasteiger partial charge in [0.1, 0.15) is 24.2 Å². The molecule has 1 fully saturated rings. The Balaban J connectivity index is 1.57. The molecule has 0 unspecified atom stereocenters. The Bertz CT molecular complexity index is 874. The third kappa shape index (κ3) is 7.92. The predicted molar refractivity (Wildman–Crippen MR) is 148 cm³/mol. The first kappa shape index (κ1) is 26.9. The topological polar surface area (TPSA) is 41.9 Å². The zero-order valence-corrected chi connectivity index (χ0v) is 23.5. The second-order valence-electron chi connectivity index (χ2n) is 9.24. The summed E-state index contributed by atoms with van der Waals surface area (Å²) >= 11 is 10.2. The van der Waals surface area contributed by atoms with E-state index in [1.807, 2.05) is 23.9 Å². The maximum atomic E-state index is 10.3. The average Bonchev–Trinajstić information content (AvgIpc) is 2.82. The zero-order chi connectivity index (χ0) is 23.8. The number of thioether (sulfide) groups is 1. The van der Waals surface area contributed by atoms with Gasteiger partial charge in [-0.2, -0.15) is 11.8 Å². The summed E-state index contributed by atoms with van der Waals surface area (Å²) in [7, 11) is 0. The van der Waals surface area contributed by atoms with Gasteiger partial charge in [-0.15, -0.1) is 11.6 Å². The molecular weight excluding hydrogens is 569 g/mol. The van der Waals surface area contributed by atoms with Crippen molar-refractivity contribution in [2.45, 2.75) is 32.3 Å². The van der Waals surface area contributed by atoms with Gasteiger partial charge in [-0.25, -0.2) is 0 Å². The van der Waals surface area contributed by atoms with E-state index in [0.717, 1.165) is 39.7 Å². The number of halogens is 2. The molecule has 7 heteroatoms. The monoisotopic (exact) mass is 603 g/mol. The van der Waals surface area contributed by atoms with E-state index in [9.17, 15) is 5.11 Å². The summed E-state index contributed by atoms with van der Waals surface area (Å²) in [6.07, 6.45) is -0.473. The van der Waals surface area contributed by atoms with Crippen molar-refractivity contribution in [3.8, 4) is 11.5 Å². The van der Waals surface area contributed by atoms with Gasteiger partial charge >= 0.3 is 0 Å². The number of hydrogen-bond acceptors (Lipinski definition) is 5. The molecule has 0 aliphatic carbocycles. The lowest BCUT2D eigenvalue weighted by Crippen LogP contribution is -2.40. The molecule has 1 N–H and O–H groups in total. The highest BCUT2D eigenvalue weighted by Crippen LogP contribution is 2.35. The number of alkyl halides is 1. The van der Waals surface area contributed by atoms with Gasteiger partial charge in [-0.3, -0.25) is 4.90 Å². The highest BCUT2D eigenvalue weighted by Gasteiger charge is 2.24.